The minimum absolute atomic E-state index is 0.000158. The molecular formula is C19H12Cl4O5S. The number of phenolic OH excluding ortho intramolecular Hbond substituents is 2. The number of halogens is 4. The standard InChI is InChI=1S/C19H12Cl4O5S/c20-14-4-2-1-3-12(14)19(29(26,27)28,10-5-7-11(24)8-6-10)13-9-15(21)17(23)18(25)16(13)22/h1-9,24-25H,(H,26,27,28). The summed E-state index contributed by atoms with van der Waals surface area (Å²) in [6, 6.07) is 12.1. The van der Waals surface area contributed by atoms with E-state index in [0.717, 1.165) is 6.07 Å². The van der Waals surface area contributed by atoms with Crippen LogP contribution in [0.25, 0.3) is 0 Å². The smallest absolute Gasteiger partial charge is 0.283 e. The predicted octanol–water partition coefficient (Wildman–Crippen LogP) is 5.89. The number of rotatable bonds is 4. The van der Waals surface area contributed by atoms with Gasteiger partial charge in [-0.3, -0.25) is 4.55 Å². The number of phenols is 2. The third-order valence-electron chi connectivity index (χ3n) is 4.43. The summed E-state index contributed by atoms with van der Waals surface area (Å²) >= 11 is 24.6. The highest BCUT2D eigenvalue weighted by Crippen LogP contribution is 2.52. The number of hydrogen-bond donors (Lipinski definition) is 3. The second kappa shape index (κ2) is 7.87. The monoisotopic (exact) mass is 492 g/mol. The van der Waals surface area contributed by atoms with E-state index >= 15 is 0 Å². The van der Waals surface area contributed by atoms with Crippen LogP contribution in [0.2, 0.25) is 20.1 Å². The van der Waals surface area contributed by atoms with E-state index in [2.05, 4.69) is 0 Å². The Balaban J connectivity index is 2.62. The number of hydrogen-bond acceptors (Lipinski definition) is 4. The lowest BCUT2D eigenvalue weighted by Gasteiger charge is -2.34. The van der Waals surface area contributed by atoms with Gasteiger partial charge in [0.1, 0.15) is 10.8 Å². The van der Waals surface area contributed by atoms with Crippen molar-refractivity contribution in [3.63, 3.8) is 0 Å². The van der Waals surface area contributed by atoms with Crippen molar-refractivity contribution in [2.24, 2.45) is 0 Å². The lowest BCUT2D eigenvalue weighted by Crippen LogP contribution is -2.38. The van der Waals surface area contributed by atoms with Crippen LogP contribution in [-0.2, 0) is 14.9 Å². The molecule has 5 nitrogen and oxygen atoms in total. The maximum Gasteiger partial charge on any atom is 0.283 e. The van der Waals surface area contributed by atoms with Gasteiger partial charge in [-0.1, -0.05) is 76.7 Å². The predicted molar refractivity (Wildman–Crippen MR) is 114 cm³/mol. The highest BCUT2D eigenvalue weighted by molar-refractivity contribution is 7.87. The minimum atomic E-state index is -5.05. The Morgan fingerprint density at radius 2 is 1.34 bits per heavy atom. The van der Waals surface area contributed by atoms with Crippen LogP contribution >= 0.6 is 46.4 Å². The summed E-state index contributed by atoms with van der Waals surface area (Å²) in [6.07, 6.45) is 0. The maximum atomic E-state index is 13.0. The zero-order valence-corrected chi connectivity index (χ0v) is 18.1. The Kier molecular flexibility index (Phi) is 5.98. The van der Waals surface area contributed by atoms with Crippen molar-refractivity contribution >= 4 is 56.5 Å². The molecule has 3 aromatic rings. The molecule has 1 unspecified atom stereocenters. The van der Waals surface area contributed by atoms with E-state index < -0.39 is 25.6 Å². The summed E-state index contributed by atoms with van der Waals surface area (Å²) in [4.78, 5) is 0. The molecule has 3 rings (SSSR count). The quantitative estimate of drug-likeness (QED) is 0.239. The van der Waals surface area contributed by atoms with Gasteiger partial charge in [0.25, 0.3) is 10.1 Å². The van der Waals surface area contributed by atoms with Crippen molar-refractivity contribution in [2.45, 2.75) is 4.75 Å². The number of benzene rings is 3. The van der Waals surface area contributed by atoms with Crippen molar-refractivity contribution < 1.29 is 23.2 Å². The Labute approximate surface area is 186 Å². The van der Waals surface area contributed by atoms with Crippen LogP contribution in [0.1, 0.15) is 16.7 Å². The van der Waals surface area contributed by atoms with Gasteiger partial charge in [-0.2, -0.15) is 8.42 Å². The molecule has 152 valence electrons. The molecule has 0 spiro atoms. The minimum Gasteiger partial charge on any atom is -0.508 e. The highest BCUT2D eigenvalue weighted by Gasteiger charge is 2.51. The molecule has 0 aliphatic rings. The zero-order valence-electron chi connectivity index (χ0n) is 14.3. The molecule has 0 aliphatic heterocycles. The van der Waals surface area contributed by atoms with Crippen molar-refractivity contribution in [1.82, 2.24) is 0 Å². The van der Waals surface area contributed by atoms with Gasteiger partial charge in [0, 0.05) is 16.1 Å². The molecule has 3 aromatic carbocycles. The Morgan fingerprint density at radius 1 is 0.759 bits per heavy atom. The van der Waals surface area contributed by atoms with E-state index in [4.69, 9.17) is 46.4 Å². The Bertz CT molecular complexity index is 1200. The van der Waals surface area contributed by atoms with Crippen LogP contribution < -0.4 is 0 Å². The fraction of sp³-hybridized carbons (Fsp3) is 0.0526. The van der Waals surface area contributed by atoms with Crippen LogP contribution in [0, 0.1) is 0 Å². The van der Waals surface area contributed by atoms with Gasteiger partial charge in [-0.15, -0.1) is 0 Å². The molecule has 1 atom stereocenters. The first-order valence-electron chi connectivity index (χ1n) is 7.90. The molecule has 0 amide bonds. The van der Waals surface area contributed by atoms with Gasteiger partial charge in [-0.05, 0) is 29.8 Å². The summed E-state index contributed by atoms with van der Waals surface area (Å²) in [6.45, 7) is 0. The van der Waals surface area contributed by atoms with Gasteiger partial charge < -0.3 is 10.2 Å². The Morgan fingerprint density at radius 3 is 1.90 bits per heavy atom. The van der Waals surface area contributed by atoms with Gasteiger partial charge in [0.2, 0.25) is 0 Å². The first-order chi connectivity index (χ1) is 13.5. The van der Waals surface area contributed by atoms with Crippen molar-refractivity contribution in [1.29, 1.82) is 0 Å². The molecule has 0 radical (unpaired) electrons. The van der Waals surface area contributed by atoms with Crippen LogP contribution in [0.4, 0.5) is 0 Å². The second-order valence-electron chi connectivity index (χ2n) is 6.07. The fourth-order valence-electron chi connectivity index (χ4n) is 3.17. The highest BCUT2D eigenvalue weighted by atomic mass is 35.5. The van der Waals surface area contributed by atoms with E-state index in [1.807, 2.05) is 0 Å². The molecule has 0 saturated heterocycles. The normalized spacial score (nSPS) is 13.8. The third-order valence-corrected chi connectivity index (χ3v) is 7.37. The first-order valence-corrected chi connectivity index (χ1v) is 10.9. The topological polar surface area (TPSA) is 94.8 Å². The first kappa shape index (κ1) is 22.0. The maximum absolute atomic E-state index is 13.0. The van der Waals surface area contributed by atoms with Gasteiger partial charge in [-0.25, -0.2) is 0 Å². The van der Waals surface area contributed by atoms with Crippen LogP contribution in [0.5, 0.6) is 11.5 Å². The van der Waals surface area contributed by atoms with Crippen molar-refractivity contribution in [3.8, 4) is 11.5 Å². The molecule has 29 heavy (non-hydrogen) atoms. The van der Waals surface area contributed by atoms with E-state index in [1.54, 1.807) is 6.07 Å². The summed E-state index contributed by atoms with van der Waals surface area (Å²) in [7, 11) is -5.05. The molecule has 0 bridgehead atoms. The molecule has 3 N–H and O–H groups in total. The largest absolute Gasteiger partial charge is 0.508 e. The van der Waals surface area contributed by atoms with E-state index in [1.165, 1.54) is 42.5 Å². The van der Waals surface area contributed by atoms with E-state index in [9.17, 15) is 23.2 Å². The summed E-state index contributed by atoms with van der Waals surface area (Å²) in [5.41, 5.74) is -0.326. The lowest BCUT2D eigenvalue weighted by atomic mass is 9.83. The van der Waals surface area contributed by atoms with Crippen LogP contribution in [-0.4, -0.2) is 23.2 Å². The SMILES string of the molecule is O=S(=O)(O)C(c1ccc(O)cc1)(c1ccccc1Cl)c1cc(Cl)c(Cl)c(O)c1Cl. The molecule has 0 heterocycles. The van der Waals surface area contributed by atoms with Crippen LogP contribution in [0.3, 0.4) is 0 Å². The fourth-order valence-corrected chi connectivity index (χ4v) is 5.58. The van der Waals surface area contributed by atoms with Gasteiger partial charge >= 0.3 is 0 Å². The van der Waals surface area contributed by atoms with Crippen molar-refractivity contribution in [2.75, 3.05) is 0 Å². The average molecular weight is 494 g/mol. The number of aromatic hydroxyl groups is 2. The molecule has 0 fully saturated rings. The molecule has 0 saturated carbocycles. The average Bonchev–Trinajstić information content (AvgIpc) is 2.66. The molecule has 0 aliphatic carbocycles. The molecule has 10 heteroatoms. The van der Waals surface area contributed by atoms with Gasteiger partial charge in [0.05, 0.1) is 10.0 Å². The van der Waals surface area contributed by atoms with E-state index in [-0.39, 0.29) is 37.5 Å². The lowest BCUT2D eigenvalue weighted by molar-refractivity contribution is 0.455. The summed E-state index contributed by atoms with van der Waals surface area (Å²) in [5.74, 6) is -0.796. The summed E-state index contributed by atoms with van der Waals surface area (Å²) < 4.78 is 34.0. The Hall–Kier alpha value is -1.67. The van der Waals surface area contributed by atoms with Gasteiger partial charge in [0.15, 0.2) is 10.5 Å². The zero-order chi connectivity index (χ0) is 21.6. The third kappa shape index (κ3) is 3.54. The van der Waals surface area contributed by atoms with Crippen molar-refractivity contribution in [3.05, 3.63) is 91.4 Å². The van der Waals surface area contributed by atoms with E-state index in [0.29, 0.717) is 0 Å². The summed E-state index contributed by atoms with van der Waals surface area (Å²) in [5, 5.41) is 19.0. The molecule has 0 aromatic heterocycles. The molecular weight excluding hydrogens is 482 g/mol. The van der Waals surface area contributed by atoms with Crippen LogP contribution in [0.15, 0.2) is 54.6 Å². The second-order valence-corrected chi connectivity index (χ2v) is 9.20.